The van der Waals surface area contributed by atoms with Gasteiger partial charge in [0.2, 0.25) is 0 Å². The number of piperazine rings is 1. The van der Waals surface area contributed by atoms with Crippen molar-refractivity contribution in [2.24, 2.45) is 0 Å². The Bertz CT molecular complexity index is 1500. The van der Waals surface area contributed by atoms with Crippen LogP contribution in [0.15, 0.2) is 54.9 Å². The van der Waals surface area contributed by atoms with E-state index < -0.39 is 45.4 Å². The highest BCUT2D eigenvalue weighted by atomic mass is 32.2. The van der Waals surface area contributed by atoms with Gasteiger partial charge in [-0.3, -0.25) is 9.78 Å². The van der Waals surface area contributed by atoms with E-state index in [9.17, 15) is 26.4 Å². The predicted octanol–water partition coefficient (Wildman–Crippen LogP) is 4.76. The lowest BCUT2D eigenvalue weighted by molar-refractivity contribution is -0.118. The summed E-state index contributed by atoms with van der Waals surface area (Å²) in [5.74, 6) is -3.81. The highest BCUT2D eigenvalue weighted by molar-refractivity contribution is 7.86. The van der Waals surface area contributed by atoms with Gasteiger partial charge in [0, 0.05) is 69.8 Å². The molecule has 2 aromatic carbocycles. The Hall–Kier alpha value is -3.19. The van der Waals surface area contributed by atoms with Crippen LogP contribution in [0, 0.1) is 23.3 Å². The van der Waals surface area contributed by atoms with Crippen LogP contribution in [-0.2, 0) is 27.8 Å². The molecule has 1 saturated heterocycles. The highest BCUT2D eigenvalue weighted by Gasteiger charge is 2.35. The van der Waals surface area contributed by atoms with Gasteiger partial charge in [0.05, 0.1) is 6.20 Å². The van der Waals surface area contributed by atoms with Gasteiger partial charge in [-0.1, -0.05) is 26.0 Å². The van der Waals surface area contributed by atoms with Gasteiger partial charge in [0.1, 0.15) is 29.1 Å². The van der Waals surface area contributed by atoms with Gasteiger partial charge in [-0.2, -0.15) is 17.0 Å². The molecule has 2 atom stereocenters. The molecular formula is C31H36F4N4O3S. The predicted molar refractivity (Wildman–Crippen MR) is 156 cm³/mol. The number of halogens is 4. The average Bonchev–Trinajstić information content (AvgIpc) is 2.96. The molecule has 232 valence electrons. The molecule has 0 saturated carbocycles. The van der Waals surface area contributed by atoms with E-state index in [1.807, 2.05) is 0 Å². The Kier molecular flexibility index (Phi) is 11.0. The molecule has 0 radical (unpaired) electrons. The maximum Gasteiger partial charge on any atom is 0.282 e. The van der Waals surface area contributed by atoms with E-state index in [1.54, 1.807) is 13.8 Å². The van der Waals surface area contributed by atoms with E-state index in [1.165, 1.54) is 39.1 Å². The first kappa shape index (κ1) is 32.7. The van der Waals surface area contributed by atoms with E-state index in [0.29, 0.717) is 50.3 Å². The Morgan fingerprint density at radius 2 is 1.67 bits per heavy atom. The highest BCUT2D eigenvalue weighted by Crippen LogP contribution is 2.31. The van der Waals surface area contributed by atoms with Crippen molar-refractivity contribution in [3.8, 4) is 0 Å². The van der Waals surface area contributed by atoms with Crippen molar-refractivity contribution < 1.29 is 30.8 Å². The third-order valence-corrected chi connectivity index (χ3v) is 10.1. The van der Waals surface area contributed by atoms with Crippen molar-refractivity contribution in [3.05, 3.63) is 100 Å². The second kappa shape index (κ2) is 14.5. The van der Waals surface area contributed by atoms with Gasteiger partial charge >= 0.3 is 0 Å². The van der Waals surface area contributed by atoms with Gasteiger partial charge < -0.3 is 5.32 Å². The summed E-state index contributed by atoms with van der Waals surface area (Å²) in [6.45, 7) is 5.43. The lowest BCUT2D eigenvalue weighted by Gasteiger charge is -2.38. The number of carbonyl (C=O) groups is 1. The number of Topliss-reactive ketones (excluding diaryl/α,β-unsaturated/α-hetero) is 1. The fourth-order valence-electron chi connectivity index (χ4n) is 5.65. The van der Waals surface area contributed by atoms with E-state index in [4.69, 9.17) is 0 Å². The number of aromatic nitrogens is 1. The number of rotatable bonds is 13. The van der Waals surface area contributed by atoms with E-state index in [0.717, 1.165) is 24.4 Å². The minimum atomic E-state index is -3.70. The summed E-state index contributed by atoms with van der Waals surface area (Å²) in [5.41, 5.74) is 1.34. The van der Waals surface area contributed by atoms with Crippen molar-refractivity contribution in [1.29, 1.82) is 0 Å². The molecule has 0 bridgehead atoms. The molecule has 7 nitrogen and oxygen atoms in total. The minimum absolute atomic E-state index is 0.171. The van der Waals surface area contributed by atoms with Crippen LogP contribution in [0.4, 0.5) is 17.6 Å². The first-order valence-corrected chi connectivity index (χ1v) is 15.7. The molecule has 1 N–H and O–H groups in total. The number of hydrogen-bond acceptors (Lipinski definition) is 5. The summed E-state index contributed by atoms with van der Waals surface area (Å²) in [5, 5.41) is 3.21. The molecule has 3 aromatic rings. The smallest absolute Gasteiger partial charge is 0.282 e. The van der Waals surface area contributed by atoms with E-state index in [-0.39, 0.29) is 36.2 Å². The van der Waals surface area contributed by atoms with Crippen LogP contribution in [0.5, 0.6) is 0 Å². The fourth-order valence-corrected chi connectivity index (χ4v) is 7.48. The van der Waals surface area contributed by atoms with Crippen molar-refractivity contribution in [1.82, 2.24) is 18.9 Å². The molecule has 1 aromatic heterocycles. The minimum Gasteiger partial charge on any atom is -0.314 e. The Morgan fingerprint density at radius 1 is 1.00 bits per heavy atom. The van der Waals surface area contributed by atoms with Crippen molar-refractivity contribution in [3.63, 3.8) is 0 Å². The molecule has 0 unspecified atom stereocenters. The van der Waals surface area contributed by atoms with Crippen molar-refractivity contribution in [2.75, 3.05) is 32.7 Å². The van der Waals surface area contributed by atoms with E-state index >= 15 is 4.39 Å². The number of ketones is 1. The quantitative estimate of drug-likeness (QED) is 0.279. The maximum atomic E-state index is 15.1. The summed E-state index contributed by atoms with van der Waals surface area (Å²) in [7, 11) is -3.70. The summed E-state index contributed by atoms with van der Waals surface area (Å²) in [6.07, 6.45) is 2.59. The molecule has 1 fully saturated rings. The number of nitrogens with one attached hydrogen (secondary N) is 1. The Labute approximate surface area is 250 Å². The maximum absolute atomic E-state index is 15.1. The summed E-state index contributed by atoms with van der Waals surface area (Å²) in [6, 6.07) is 7.92. The van der Waals surface area contributed by atoms with Gasteiger partial charge in [0.25, 0.3) is 10.2 Å². The van der Waals surface area contributed by atoms with Gasteiger partial charge in [-0.05, 0) is 59.4 Å². The number of pyridine rings is 1. The van der Waals surface area contributed by atoms with Crippen LogP contribution in [0.2, 0.25) is 0 Å². The van der Waals surface area contributed by atoms with E-state index in [2.05, 4.69) is 10.3 Å². The zero-order chi connectivity index (χ0) is 31.1. The largest absolute Gasteiger partial charge is 0.314 e. The number of nitrogens with zero attached hydrogens (tertiary/aromatic N) is 3. The summed E-state index contributed by atoms with van der Waals surface area (Å²) < 4.78 is 86.3. The molecule has 2 heterocycles. The lowest BCUT2D eigenvalue weighted by Crippen LogP contribution is -2.57. The second-order valence-corrected chi connectivity index (χ2v) is 12.5. The molecule has 43 heavy (non-hydrogen) atoms. The standard InChI is InChI=1S/C31H36F4N4O3S/c1-3-38(4-2)43(41,42)39-12-11-36-19-27(39)9-10-29-23(18-37-20-31(29)35)15-28(40)17-30(21-5-7-24(32)8-6-21)22-13-25(33)16-26(34)14-22/h5-8,13-14,16,18,20,27,30,36H,3-4,9-12,15,17,19H2,1-2H3/t27-,30-/m0/s1. The zero-order valence-electron chi connectivity index (χ0n) is 24.2. The third kappa shape index (κ3) is 8.05. The van der Waals surface area contributed by atoms with Crippen LogP contribution >= 0.6 is 0 Å². The lowest BCUT2D eigenvalue weighted by atomic mass is 9.85. The fraction of sp³-hybridized carbons (Fsp3) is 0.419. The first-order valence-electron chi connectivity index (χ1n) is 14.4. The Morgan fingerprint density at radius 3 is 2.33 bits per heavy atom. The topological polar surface area (TPSA) is 82.6 Å². The molecule has 0 spiro atoms. The second-order valence-electron chi connectivity index (χ2n) is 10.6. The molecule has 0 amide bonds. The molecule has 1 aliphatic heterocycles. The SMILES string of the molecule is CCN(CC)S(=O)(=O)N1CCNC[C@@H]1CCc1c(F)cncc1CC(=O)C[C@@H](c1ccc(F)cc1)c1cc(F)cc(F)c1. The molecular weight excluding hydrogens is 584 g/mol. The molecule has 12 heteroatoms. The Balaban J connectivity index is 1.54. The van der Waals surface area contributed by atoms with Gasteiger partial charge in [-0.15, -0.1) is 0 Å². The first-order chi connectivity index (χ1) is 20.5. The van der Waals surface area contributed by atoms with Crippen LogP contribution in [0.1, 0.15) is 54.9 Å². The van der Waals surface area contributed by atoms with Crippen LogP contribution in [0.25, 0.3) is 0 Å². The molecule has 0 aliphatic carbocycles. The van der Waals surface area contributed by atoms with Crippen molar-refractivity contribution >= 4 is 16.0 Å². The number of benzene rings is 2. The average molecular weight is 621 g/mol. The van der Waals surface area contributed by atoms with Crippen molar-refractivity contribution in [2.45, 2.75) is 51.5 Å². The normalized spacial score (nSPS) is 16.9. The number of carbonyl (C=O) groups excluding carboxylic acids is 1. The molecule has 4 rings (SSSR count). The summed E-state index contributed by atoms with van der Waals surface area (Å²) >= 11 is 0. The molecule has 1 aliphatic rings. The van der Waals surface area contributed by atoms with Crippen LogP contribution < -0.4 is 5.32 Å². The monoisotopic (exact) mass is 620 g/mol. The third-order valence-electron chi connectivity index (χ3n) is 7.83. The summed E-state index contributed by atoms with van der Waals surface area (Å²) in [4.78, 5) is 17.3. The van der Waals surface area contributed by atoms with Gasteiger partial charge in [-0.25, -0.2) is 17.6 Å². The zero-order valence-corrected chi connectivity index (χ0v) is 25.0. The van der Waals surface area contributed by atoms with Gasteiger partial charge in [0.15, 0.2) is 0 Å². The van der Waals surface area contributed by atoms with Crippen LogP contribution in [-0.4, -0.2) is 66.6 Å². The van der Waals surface area contributed by atoms with Crippen LogP contribution in [0.3, 0.4) is 0 Å². The number of hydrogen-bond donors (Lipinski definition) is 1.